The summed E-state index contributed by atoms with van der Waals surface area (Å²) in [6, 6.07) is 17.0. The van der Waals surface area contributed by atoms with Crippen molar-refractivity contribution in [2.75, 3.05) is 20.2 Å². The molecule has 1 aliphatic rings. The Morgan fingerprint density at radius 1 is 0.955 bits per heavy atom. The number of nitrogens with one attached hydrogen (secondary N) is 1. The average molecular weight is 317 g/mol. The molecule has 116 valence electrons. The Morgan fingerprint density at radius 2 is 1.50 bits per heavy atom. The SMILES string of the molecule is CNCCON=C1c2ccccc2CCc2ccccc21.Cl. The van der Waals surface area contributed by atoms with Gasteiger partial charge in [-0.3, -0.25) is 0 Å². The highest BCUT2D eigenvalue weighted by atomic mass is 35.5. The number of benzene rings is 2. The maximum Gasteiger partial charge on any atom is 0.129 e. The summed E-state index contributed by atoms with van der Waals surface area (Å²) >= 11 is 0. The summed E-state index contributed by atoms with van der Waals surface area (Å²) in [6.45, 7) is 1.37. The fourth-order valence-electron chi connectivity index (χ4n) is 2.71. The van der Waals surface area contributed by atoms with E-state index in [2.05, 4.69) is 59.0 Å². The minimum absolute atomic E-state index is 0. The molecule has 0 heterocycles. The second kappa shape index (κ2) is 7.97. The highest BCUT2D eigenvalue weighted by molar-refractivity contribution is 6.14. The van der Waals surface area contributed by atoms with Crippen molar-refractivity contribution < 1.29 is 4.84 Å². The van der Waals surface area contributed by atoms with E-state index in [1.54, 1.807) is 0 Å². The molecule has 0 aliphatic heterocycles. The number of rotatable bonds is 4. The molecule has 3 rings (SSSR count). The van der Waals surface area contributed by atoms with Crippen molar-refractivity contribution in [1.29, 1.82) is 0 Å². The molecule has 0 aromatic heterocycles. The molecule has 0 atom stereocenters. The maximum absolute atomic E-state index is 5.51. The molecule has 0 radical (unpaired) electrons. The molecule has 0 fully saturated rings. The average Bonchev–Trinajstić information content (AvgIpc) is 2.69. The lowest BCUT2D eigenvalue weighted by atomic mass is 9.98. The second-order valence-corrected chi connectivity index (χ2v) is 5.19. The Labute approximate surface area is 137 Å². The van der Waals surface area contributed by atoms with Gasteiger partial charge in [-0.25, -0.2) is 0 Å². The van der Waals surface area contributed by atoms with Crippen LogP contribution in [-0.2, 0) is 17.7 Å². The Hall–Kier alpha value is -1.84. The normalized spacial score (nSPS) is 12.5. The standard InChI is InChI=1S/C18H20N2O.ClH/c1-19-12-13-21-20-18-16-8-4-2-6-14(16)10-11-15-7-3-5-9-17(15)18;/h2-9,19H,10-13H2,1H3;1H. The van der Waals surface area contributed by atoms with Crippen molar-refractivity contribution in [2.45, 2.75) is 12.8 Å². The van der Waals surface area contributed by atoms with Crippen LogP contribution in [0, 0.1) is 0 Å². The number of hydrogen-bond acceptors (Lipinski definition) is 3. The molecule has 3 nitrogen and oxygen atoms in total. The Bertz CT molecular complexity index is 606. The predicted molar refractivity (Wildman–Crippen MR) is 93.1 cm³/mol. The summed E-state index contributed by atoms with van der Waals surface area (Å²) in [5, 5.41) is 7.50. The first kappa shape index (κ1) is 16.5. The van der Waals surface area contributed by atoms with Crippen LogP contribution in [0.2, 0.25) is 0 Å². The number of aryl methyl sites for hydroxylation is 2. The van der Waals surface area contributed by atoms with E-state index in [4.69, 9.17) is 4.84 Å². The van der Waals surface area contributed by atoms with E-state index in [0.717, 1.165) is 25.1 Å². The zero-order valence-corrected chi connectivity index (χ0v) is 13.5. The van der Waals surface area contributed by atoms with Crippen molar-refractivity contribution in [1.82, 2.24) is 5.32 Å². The molecule has 2 aromatic carbocycles. The zero-order chi connectivity index (χ0) is 14.5. The summed E-state index contributed by atoms with van der Waals surface area (Å²) in [7, 11) is 1.91. The largest absolute Gasteiger partial charge is 0.394 e. The molecule has 22 heavy (non-hydrogen) atoms. The van der Waals surface area contributed by atoms with Gasteiger partial charge in [0.1, 0.15) is 12.3 Å². The molecule has 0 saturated heterocycles. The highest BCUT2D eigenvalue weighted by Crippen LogP contribution is 2.25. The Kier molecular flexibility index (Phi) is 5.99. The van der Waals surface area contributed by atoms with Crippen molar-refractivity contribution in [3.05, 3.63) is 70.8 Å². The van der Waals surface area contributed by atoms with Crippen molar-refractivity contribution in [2.24, 2.45) is 5.16 Å². The summed E-state index contributed by atoms with van der Waals surface area (Å²) in [4.78, 5) is 5.51. The van der Waals surface area contributed by atoms with Crippen molar-refractivity contribution in [3.63, 3.8) is 0 Å². The lowest BCUT2D eigenvalue weighted by molar-refractivity contribution is 0.148. The quantitative estimate of drug-likeness (QED) is 0.694. The number of nitrogens with zero attached hydrogens (tertiary/aromatic N) is 1. The molecule has 0 bridgehead atoms. The lowest BCUT2D eigenvalue weighted by Crippen LogP contribution is -2.14. The molecule has 0 spiro atoms. The topological polar surface area (TPSA) is 33.6 Å². The van der Waals surface area contributed by atoms with Crippen LogP contribution in [0.1, 0.15) is 22.3 Å². The molecule has 0 amide bonds. The van der Waals surface area contributed by atoms with Gasteiger partial charge in [0.2, 0.25) is 0 Å². The van der Waals surface area contributed by atoms with Crippen LogP contribution < -0.4 is 5.32 Å². The van der Waals surface area contributed by atoms with Crippen LogP contribution in [-0.4, -0.2) is 25.9 Å². The van der Waals surface area contributed by atoms with Crippen LogP contribution >= 0.6 is 12.4 Å². The van der Waals surface area contributed by atoms with E-state index in [0.29, 0.717) is 6.61 Å². The Morgan fingerprint density at radius 3 is 2.05 bits per heavy atom. The minimum atomic E-state index is 0. The van der Waals surface area contributed by atoms with E-state index in [1.165, 1.54) is 22.3 Å². The first-order valence-corrected chi connectivity index (χ1v) is 7.41. The molecule has 2 aromatic rings. The van der Waals surface area contributed by atoms with E-state index < -0.39 is 0 Å². The van der Waals surface area contributed by atoms with Gasteiger partial charge in [-0.1, -0.05) is 53.7 Å². The van der Waals surface area contributed by atoms with Crippen LogP contribution in [0.5, 0.6) is 0 Å². The summed E-state index contributed by atoms with van der Waals surface area (Å²) in [6.07, 6.45) is 2.09. The fourth-order valence-corrected chi connectivity index (χ4v) is 2.71. The molecular weight excluding hydrogens is 296 g/mol. The van der Waals surface area contributed by atoms with E-state index >= 15 is 0 Å². The third-order valence-corrected chi connectivity index (χ3v) is 3.81. The number of fused-ring (bicyclic) bond motifs is 2. The monoisotopic (exact) mass is 316 g/mol. The van der Waals surface area contributed by atoms with Gasteiger partial charge >= 0.3 is 0 Å². The molecule has 0 saturated carbocycles. The van der Waals surface area contributed by atoms with Gasteiger partial charge in [-0.2, -0.15) is 0 Å². The smallest absolute Gasteiger partial charge is 0.129 e. The minimum Gasteiger partial charge on any atom is -0.394 e. The van der Waals surface area contributed by atoms with E-state index in [1.807, 2.05) is 7.05 Å². The van der Waals surface area contributed by atoms with Gasteiger partial charge in [0.25, 0.3) is 0 Å². The van der Waals surface area contributed by atoms with Crippen molar-refractivity contribution >= 4 is 18.1 Å². The molecule has 1 aliphatic carbocycles. The van der Waals surface area contributed by atoms with E-state index in [-0.39, 0.29) is 12.4 Å². The van der Waals surface area contributed by atoms with Crippen LogP contribution in [0.25, 0.3) is 0 Å². The maximum atomic E-state index is 5.51. The molecule has 4 heteroatoms. The first-order valence-electron chi connectivity index (χ1n) is 7.41. The first-order chi connectivity index (χ1) is 10.4. The van der Waals surface area contributed by atoms with Crippen LogP contribution in [0.15, 0.2) is 53.7 Å². The van der Waals surface area contributed by atoms with Gasteiger partial charge in [0.15, 0.2) is 0 Å². The van der Waals surface area contributed by atoms with Crippen LogP contribution in [0.3, 0.4) is 0 Å². The van der Waals surface area contributed by atoms with Gasteiger partial charge < -0.3 is 10.2 Å². The fraction of sp³-hybridized carbons (Fsp3) is 0.278. The van der Waals surface area contributed by atoms with Gasteiger partial charge in [-0.05, 0) is 31.0 Å². The number of hydrogen-bond donors (Lipinski definition) is 1. The van der Waals surface area contributed by atoms with E-state index in [9.17, 15) is 0 Å². The summed E-state index contributed by atoms with van der Waals surface area (Å²) < 4.78 is 0. The number of oxime groups is 1. The Balaban J connectivity index is 0.00000176. The molecule has 1 N–H and O–H groups in total. The predicted octanol–water partition coefficient (Wildman–Crippen LogP) is 3.20. The molecular formula is C18H21ClN2O. The summed E-state index contributed by atoms with van der Waals surface area (Å²) in [5.74, 6) is 0. The number of likely N-dealkylation sites (N-methyl/N-ethyl adjacent to an activating group) is 1. The third-order valence-electron chi connectivity index (χ3n) is 3.81. The molecule has 0 unspecified atom stereocenters. The summed E-state index contributed by atoms with van der Waals surface area (Å²) in [5.41, 5.74) is 6.00. The van der Waals surface area contributed by atoms with Crippen LogP contribution in [0.4, 0.5) is 0 Å². The third kappa shape index (κ3) is 3.49. The number of halogens is 1. The zero-order valence-electron chi connectivity index (χ0n) is 12.7. The van der Waals surface area contributed by atoms with Gasteiger partial charge in [-0.15, -0.1) is 12.4 Å². The van der Waals surface area contributed by atoms with Gasteiger partial charge in [0, 0.05) is 17.7 Å². The second-order valence-electron chi connectivity index (χ2n) is 5.19. The lowest BCUT2D eigenvalue weighted by Gasteiger charge is -2.10. The van der Waals surface area contributed by atoms with Crippen molar-refractivity contribution in [3.8, 4) is 0 Å². The van der Waals surface area contributed by atoms with Gasteiger partial charge in [0.05, 0.1) is 0 Å². The highest BCUT2D eigenvalue weighted by Gasteiger charge is 2.19.